The fourth-order valence-corrected chi connectivity index (χ4v) is 4.12. The smallest absolute Gasteiger partial charge is 0.411 e. The number of pyridine rings is 1. The number of sulfonamides is 1. The molecule has 0 spiro atoms. The van der Waals surface area contributed by atoms with Crippen molar-refractivity contribution in [2.45, 2.75) is 11.4 Å². The molecule has 2 N–H and O–H groups in total. The quantitative estimate of drug-likeness (QED) is 0.657. The highest BCUT2D eigenvalue weighted by atomic mass is 32.2. The van der Waals surface area contributed by atoms with Crippen molar-refractivity contribution in [3.63, 3.8) is 0 Å². The number of carbonyl (C=O) groups is 1. The standard InChI is InChI=1S/C18H17N3O4S2/c1-25-18(22)21-14-6-8-15(9-7-14)27(23,24)20-12-13-4-2-10-19-17(13)16-5-3-11-26-16/h2-11,20H,12H2,1H3,(H,21,22). The van der Waals surface area contributed by atoms with Gasteiger partial charge in [0.15, 0.2) is 0 Å². The number of thiophene rings is 1. The maximum atomic E-state index is 12.6. The third kappa shape index (κ3) is 4.70. The van der Waals surface area contributed by atoms with Crippen molar-refractivity contribution in [1.29, 1.82) is 0 Å². The van der Waals surface area contributed by atoms with E-state index in [1.807, 2.05) is 23.6 Å². The van der Waals surface area contributed by atoms with Gasteiger partial charge >= 0.3 is 6.09 Å². The van der Waals surface area contributed by atoms with Crippen LogP contribution < -0.4 is 10.0 Å². The monoisotopic (exact) mass is 403 g/mol. The van der Waals surface area contributed by atoms with Gasteiger partial charge in [0, 0.05) is 18.4 Å². The molecule has 1 aromatic carbocycles. The summed E-state index contributed by atoms with van der Waals surface area (Å²) in [6, 6.07) is 13.3. The third-order valence-corrected chi connectivity index (χ3v) is 5.99. The van der Waals surface area contributed by atoms with Gasteiger partial charge in [-0.3, -0.25) is 10.3 Å². The number of hydrogen-bond acceptors (Lipinski definition) is 6. The first-order valence-electron chi connectivity index (χ1n) is 7.92. The van der Waals surface area contributed by atoms with Gasteiger partial charge in [0.05, 0.1) is 22.6 Å². The van der Waals surface area contributed by atoms with E-state index in [0.717, 1.165) is 16.1 Å². The van der Waals surface area contributed by atoms with Gasteiger partial charge in [-0.1, -0.05) is 12.1 Å². The maximum Gasteiger partial charge on any atom is 0.411 e. The predicted molar refractivity (Wildman–Crippen MR) is 104 cm³/mol. The number of aromatic nitrogens is 1. The molecule has 2 heterocycles. The minimum Gasteiger partial charge on any atom is -0.453 e. The van der Waals surface area contributed by atoms with Crippen LogP contribution in [0.3, 0.4) is 0 Å². The number of nitrogens with one attached hydrogen (secondary N) is 2. The second-order valence-corrected chi connectivity index (χ2v) is 8.17. The largest absolute Gasteiger partial charge is 0.453 e. The number of ether oxygens (including phenoxy) is 1. The average Bonchev–Trinajstić information content (AvgIpc) is 3.21. The van der Waals surface area contributed by atoms with Gasteiger partial charge in [-0.25, -0.2) is 17.9 Å². The van der Waals surface area contributed by atoms with Crippen molar-refractivity contribution < 1.29 is 17.9 Å². The number of amides is 1. The van der Waals surface area contributed by atoms with Crippen molar-refractivity contribution >= 4 is 33.1 Å². The number of benzene rings is 1. The SMILES string of the molecule is COC(=O)Nc1ccc(S(=O)(=O)NCc2cccnc2-c2cccs2)cc1. The fraction of sp³-hybridized carbons (Fsp3) is 0.111. The summed E-state index contributed by atoms with van der Waals surface area (Å²) in [7, 11) is -2.46. The van der Waals surface area contributed by atoms with Crippen LogP contribution in [0.1, 0.15) is 5.56 Å². The van der Waals surface area contributed by atoms with Crippen LogP contribution in [-0.4, -0.2) is 26.6 Å². The molecular weight excluding hydrogens is 386 g/mol. The normalized spacial score (nSPS) is 11.1. The first-order chi connectivity index (χ1) is 13.0. The zero-order chi connectivity index (χ0) is 19.3. The summed E-state index contributed by atoms with van der Waals surface area (Å²) < 4.78 is 32.2. The molecule has 0 aliphatic heterocycles. The van der Waals surface area contributed by atoms with E-state index in [0.29, 0.717) is 5.69 Å². The number of carbonyl (C=O) groups excluding carboxylic acids is 1. The fourth-order valence-electron chi connectivity index (χ4n) is 2.36. The van der Waals surface area contributed by atoms with Crippen molar-refractivity contribution in [1.82, 2.24) is 9.71 Å². The Bertz CT molecular complexity index is 1020. The molecule has 7 nitrogen and oxygen atoms in total. The first-order valence-corrected chi connectivity index (χ1v) is 10.3. The highest BCUT2D eigenvalue weighted by molar-refractivity contribution is 7.89. The van der Waals surface area contributed by atoms with Crippen LogP contribution in [-0.2, 0) is 21.3 Å². The van der Waals surface area contributed by atoms with Crippen molar-refractivity contribution in [2.75, 3.05) is 12.4 Å². The summed E-state index contributed by atoms with van der Waals surface area (Å²) in [6.07, 6.45) is 1.06. The van der Waals surface area contributed by atoms with Gasteiger partial charge in [-0.15, -0.1) is 11.3 Å². The molecule has 27 heavy (non-hydrogen) atoms. The molecule has 0 unspecified atom stereocenters. The lowest BCUT2D eigenvalue weighted by Gasteiger charge is -2.10. The minimum absolute atomic E-state index is 0.0967. The Hall–Kier alpha value is -2.75. The molecule has 0 aliphatic carbocycles. The molecule has 0 fully saturated rings. The Labute approximate surface area is 161 Å². The van der Waals surface area contributed by atoms with Crippen molar-refractivity contribution in [3.8, 4) is 10.6 Å². The number of methoxy groups -OCH3 is 1. The Morgan fingerprint density at radius 1 is 1.15 bits per heavy atom. The van der Waals surface area contributed by atoms with Gasteiger partial charge in [-0.05, 0) is 47.3 Å². The van der Waals surface area contributed by atoms with Gasteiger partial charge in [-0.2, -0.15) is 0 Å². The number of nitrogens with zero attached hydrogens (tertiary/aromatic N) is 1. The second-order valence-electron chi connectivity index (χ2n) is 5.45. The third-order valence-electron chi connectivity index (χ3n) is 3.69. The Kier molecular flexibility index (Phi) is 5.84. The van der Waals surface area contributed by atoms with Crippen molar-refractivity contribution in [3.05, 3.63) is 65.7 Å². The van der Waals surface area contributed by atoms with E-state index in [2.05, 4.69) is 19.8 Å². The highest BCUT2D eigenvalue weighted by Crippen LogP contribution is 2.26. The lowest BCUT2D eigenvalue weighted by Crippen LogP contribution is -2.23. The van der Waals surface area contributed by atoms with E-state index in [1.54, 1.807) is 23.6 Å². The molecule has 1 amide bonds. The summed E-state index contributed by atoms with van der Waals surface area (Å²) in [5, 5.41) is 4.41. The molecular formula is C18H17N3O4S2. The van der Waals surface area contributed by atoms with Gasteiger partial charge in [0.25, 0.3) is 0 Å². The Balaban J connectivity index is 1.74. The van der Waals surface area contributed by atoms with E-state index in [9.17, 15) is 13.2 Å². The summed E-state index contributed by atoms with van der Waals surface area (Å²) in [4.78, 5) is 16.6. The minimum atomic E-state index is -3.71. The lowest BCUT2D eigenvalue weighted by atomic mass is 10.2. The Morgan fingerprint density at radius 3 is 2.59 bits per heavy atom. The summed E-state index contributed by atoms with van der Waals surface area (Å²) in [6.45, 7) is 0.117. The summed E-state index contributed by atoms with van der Waals surface area (Å²) in [5.74, 6) is 0. The lowest BCUT2D eigenvalue weighted by molar-refractivity contribution is 0.187. The van der Waals surface area contributed by atoms with Crippen LogP contribution in [0.4, 0.5) is 10.5 Å². The average molecular weight is 403 g/mol. The van der Waals surface area contributed by atoms with Crippen LogP contribution in [0.25, 0.3) is 10.6 Å². The van der Waals surface area contributed by atoms with E-state index < -0.39 is 16.1 Å². The predicted octanol–water partition coefficient (Wildman–Crippen LogP) is 3.47. The molecule has 2 aromatic heterocycles. The van der Waals surface area contributed by atoms with E-state index in [1.165, 1.54) is 31.4 Å². The van der Waals surface area contributed by atoms with E-state index in [-0.39, 0.29) is 11.4 Å². The van der Waals surface area contributed by atoms with Gasteiger partial charge < -0.3 is 4.74 Å². The molecule has 0 bridgehead atoms. The Morgan fingerprint density at radius 2 is 1.93 bits per heavy atom. The van der Waals surface area contributed by atoms with Crippen LogP contribution in [0, 0.1) is 0 Å². The van der Waals surface area contributed by atoms with Crippen LogP contribution in [0.2, 0.25) is 0 Å². The first kappa shape index (κ1) is 19.0. The highest BCUT2D eigenvalue weighted by Gasteiger charge is 2.16. The number of anilines is 1. The molecule has 3 rings (SSSR count). The topological polar surface area (TPSA) is 97.4 Å². The zero-order valence-electron chi connectivity index (χ0n) is 14.4. The van der Waals surface area contributed by atoms with Gasteiger partial charge in [0.2, 0.25) is 10.0 Å². The zero-order valence-corrected chi connectivity index (χ0v) is 16.0. The van der Waals surface area contributed by atoms with Crippen molar-refractivity contribution in [2.24, 2.45) is 0 Å². The van der Waals surface area contributed by atoms with Gasteiger partial charge in [0.1, 0.15) is 0 Å². The molecule has 9 heteroatoms. The van der Waals surface area contributed by atoms with Crippen LogP contribution >= 0.6 is 11.3 Å². The molecule has 0 saturated carbocycles. The number of rotatable bonds is 6. The number of hydrogen-bond donors (Lipinski definition) is 2. The second kappa shape index (κ2) is 8.30. The van der Waals surface area contributed by atoms with Crippen LogP contribution in [0.5, 0.6) is 0 Å². The van der Waals surface area contributed by atoms with Crippen LogP contribution in [0.15, 0.2) is 65.0 Å². The van der Waals surface area contributed by atoms with E-state index >= 15 is 0 Å². The molecule has 3 aromatic rings. The summed E-state index contributed by atoms with van der Waals surface area (Å²) >= 11 is 1.54. The maximum absolute atomic E-state index is 12.6. The van der Waals surface area contributed by atoms with E-state index in [4.69, 9.17) is 0 Å². The molecule has 0 radical (unpaired) electrons. The molecule has 0 saturated heterocycles. The molecule has 0 aliphatic rings. The molecule has 0 atom stereocenters. The molecule has 140 valence electrons. The summed E-state index contributed by atoms with van der Waals surface area (Å²) in [5.41, 5.74) is 1.98.